The van der Waals surface area contributed by atoms with Crippen LogP contribution in [0.3, 0.4) is 0 Å². The Morgan fingerprint density at radius 1 is 1.12 bits per heavy atom. The summed E-state index contributed by atoms with van der Waals surface area (Å²) in [6, 6.07) is 15.2. The maximum absolute atomic E-state index is 12.4. The van der Waals surface area contributed by atoms with Crippen molar-refractivity contribution in [3.8, 4) is 16.9 Å². The second-order valence-electron chi connectivity index (χ2n) is 7.37. The average molecular weight is 448 g/mol. The molecule has 2 aromatic heterocycles. The summed E-state index contributed by atoms with van der Waals surface area (Å²) >= 11 is 1.58. The van der Waals surface area contributed by atoms with Crippen molar-refractivity contribution in [2.24, 2.45) is 0 Å². The molecule has 0 spiro atoms. The van der Waals surface area contributed by atoms with Gasteiger partial charge in [0.1, 0.15) is 22.2 Å². The summed E-state index contributed by atoms with van der Waals surface area (Å²) in [5.74, 6) is 1.87. The number of rotatable bonds is 8. The first kappa shape index (κ1) is 21.8. The molecule has 7 heteroatoms. The van der Waals surface area contributed by atoms with E-state index >= 15 is 0 Å². The second kappa shape index (κ2) is 9.78. The number of methoxy groups -OCH3 is 1. The van der Waals surface area contributed by atoms with Gasteiger partial charge in [-0.1, -0.05) is 31.5 Å². The van der Waals surface area contributed by atoms with Crippen molar-refractivity contribution in [1.29, 1.82) is 0 Å². The highest BCUT2D eigenvalue weighted by atomic mass is 32.1. The molecule has 6 nitrogen and oxygen atoms in total. The highest BCUT2D eigenvalue weighted by Crippen LogP contribution is 2.38. The highest BCUT2D eigenvalue weighted by molar-refractivity contribution is 7.17. The van der Waals surface area contributed by atoms with Gasteiger partial charge in [-0.3, -0.25) is 0 Å². The molecule has 0 aliphatic carbocycles. The summed E-state index contributed by atoms with van der Waals surface area (Å²) in [5, 5.41) is 6.43. The molecule has 0 aliphatic heterocycles. The predicted molar refractivity (Wildman–Crippen MR) is 129 cm³/mol. The van der Waals surface area contributed by atoms with Gasteiger partial charge < -0.3 is 14.8 Å². The van der Waals surface area contributed by atoms with Crippen LogP contribution in [0.15, 0.2) is 53.9 Å². The number of fused-ring (bicyclic) bond motifs is 1. The van der Waals surface area contributed by atoms with E-state index in [1.807, 2.05) is 43.3 Å². The molecule has 0 atom stereocenters. The Kier molecular flexibility index (Phi) is 6.66. The van der Waals surface area contributed by atoms with Crippen molar-refractivity contribution in [3.05, 3.63) is 65.3 Å². The van der Waals surface area contributed by atoms with E-state index in [2.05, 4.69) is 27.6 Å². The molecule has 0 fully saturated rings. The van der Waals surface area contributed by atoms with Crippen LogP contribution in [0.25, 0.3) is 21.3 Å². The van der Waals surface area contributed by atoms with Crippen LogP contribution in [0.4, 0.5) is 11.5 Å². The van der Waals surface area contributed by atoms with Crippen LogP contribution in [-0.4, -0.2) is 29.7 Å². The van der Waals surface area contributed by atoms with E-state index in [0.717, 1.165) is 45.6 Å². The zero-order chi connectivity index (χ0) is 22.5. The zero-order valence-electron chi connectivity index (χ0n) is 18.3. The lowest BCUT2D eigenvalue weighted by Gasteiger charge is -2.11. The van der Waals surface area contributed by atoms with Gasteiger partial charge in [-0.05, 0) is 49.2 Å². The van der Waals surface area contributed by atoms with Crippen LogP contribution in [0.5, 0.6) is 5.75 Å². The lowest BCUT2D eigenvalue weighted by Crippen LogP contribution is -2.07. The number of thiophene rings is 1. The Bertz CT molecular complexity index is 1240. The van der Waals surface area contributed by atoms with Crippen LogP contribution in [0.2, 0.25) is 0 Å². The largest absolute Gasteiger partial charge is 0.497 e. The van der Waals surface area contributed by atoms with Gasteiger partial charge in [-0.2, -0.15) is 0 Å². The smallest absolute Gasteiger partial charge is 0.338 e. The van der Waals surface area contributed by atoms with Gasteiger partial charge in [0, 0.05) is 16.6 Å². The van der Waals surface area contributed by atoms with Gasteiger partial charge in [0.05, 0.1) is 24.7 Å². The van der Waals surface area contributed by atoms with Crippen LogP contribution in [-0.2, 0) is 4.74 Å². The van der Waals surface area contributed by atoms with E-state index in [1.54, 1.807) is 30.6 Å². The normalized spacial score (nSPS) is 10.8. The molecular formula is C25H25N3O3S. The van der Waals surface area contributed by atoms with Gasteiger partial charge in [0.25, 0.3) is 0 Å². The number of aromatic nitrogens is 2. The molecule has 164 valence electrons. The fourth-order valence-corrected chi connectivity index (χ4v) is 4.37. The van der Waals surface area contributed by atoms with Crippen LogP contribution >= 0.6 is 11.3 Å². The molecule has 32 heavy (non-hydrogen) atoms. The monoisotopic (exact) mass is 447 g/mol. The molecule has 0 unspecified atom stereocenters. The fourth-order valence-electron chi connectivity index (χ4n) is 3.38. The third-order valence-corrected chi connectivity index (χ3v) is 5.91. The molecule has 0 saturated carbocycles. The minimum absolute atomic E-state index is 0.319. The van der Waals surface area contributed by atoms with E-state index in [4.69, 9.17) is 9.47 Å². The van der Waals surface area contributed by atoms with E-state index in [-0.39, 0.29) is 5.97 Å². The first-order valence-corrected chi connectivity index (χ1v) is 11.4. The third-order valence-electron chi connectivity index (χ3n) is 5.04. The van der Waals surface area contributed by atoms with Crippen molar-refractivity contribution in [2.75, 3.05) is 19.0 Å². The molecule has 2 aromatic carbocycles. The first-order valence-electron chi connectivity index (χ1n) is 10.5. The van der Waals surface area contributed by atoms with E-state index in [0.29, 0.717) is 23.8 Å². The Hall–Kier alpha value is -3.45. The van der Waals surface area contributed by atoms with Gasteiger partial charge in [-0.15, -0.1) is 11.3 Å². The van der Waals surface area contributed by atoms with Gasteiger partial charge >= 0.3 is 5.97 Å². The number of unbranched alkanes of at least 4 members (excludes halogenated alkanes) is 1. The van der Waals surface area contributed by atoms with Gasteiger partial charge in [0.2, 0.25) is 0 Å². The first-order chi connectivity index (χ1) is 15.6. The molecule has 0 radical (unpaired) electrons. The Balaban J connectivity index is 1.68. The Morgan fingerprint density at radius 2 is 1.94 bits per heavy atom. The number of ether oxygens (including phenoxy) is 2. The average Bonchev–Trinajstić information content (AvgIpc) is 3.23. The summed E-state index contributed by atoms with van der Waals surface area (Å²) in [7, 11) is 1.65. The number of anilines is 2. The number of hydrogen-bond donors (Lipinski definition) is 1. The summed E-state index contributed by atoms with van der Waals surface area (Å²) in [4.78, 5) is 22.5. The molecule has 0 bridgehead atoms. The van der Waals surface area contributed by atoms with Crippen LogP contribution in [0.1, 0.15) is 35.9 Å². The summed E-state index contributed by atoms with van der Waals surface area (Å²) < 4.78 is 10.6. The number of hydrogen-bond acceptors (Lipinski definition) is 7. The third kappa shape index (κ3) is 4.73. The Morgan fingerprint density at radius 3 is 2.69 bits per heavy atom. The van der Waals surface area contributed by atoms with E-state index in [1.165, 1.54) is 0 Å². The highest BCUT2D eigenvalue weighted by Gasteiger charge is 2.16. The molecular weight excluding hydrogens is 422 g/mol. The fraction of sp³-hybridized carbons (Fsp3) is 0.240. The second-order valence-corrected chi connectivity index (χ2v) is 8.23. The topological polar surface area (TPSA) is 73.3 Å². The lowest BCUT2D eigenvalue weighted by molar-refractivity contribution is 0.0500. The number of nitrogens with one attached hydrogen (secondary N) is 1. The summed E-state index contributed by atoms with van der Waals surface area (Å²) in [5.41, 5.74) is 3.38. The van der Waals surface area contributed by atoms with Crippen molar-refractivity contribution < 1.29 is 14.3 Å². The zero-order valence-corrected chi connectivity index (χ0v) is 19.2. The van der Waals surface area contributed by atoms with Gasteiger partial charge in [0.15, 0.2) is 0 Å². The summed E-state index contributed by atoms with van der Waals surface area (Å²) in [6.45, 7) is 4.37. The summed E-state index contributed by atoms with van der Waals surface area (Å²) in [6.07, 6.45) is 1.84. The van der Waals surface area contributed by atoms with Crippen molar-refractivity contribution in [2.45, 2.75) is 26.7 Å². The number of benzene rings is 2. The molecule has 4 aromatic rings. The molecule has 4 rings (SSSR count). The standard InChI is InChI=1S/C25H25N3O3S/c1-4-5-13-31-25(29)18-7-6-8-19(14-18)28-23-22-21(15-32-24(22)27-16(2)26-23)17-9-11-20(30-3)12-10-17/h6-12,14-15H,4-5,13H2,1-3H3,(H,26,27,28). The predicted octanol–water partition coefficient (Wildman–Crippen LogP) is 6.38. The van der Waals surface area contributed by atoms with Crippen molar-refractivity contribution in [1.82, 2.24) is 9.97 Å². The molecule has 2 heterocycles. The number of carbonyl (C=O) groups excluding carboxylic acids is 1. The van der Waals surface area contributed by atoms with Crippen LogP contribution in [0, 0.1) is 6.92 Å². The Labute approximate surface area is 191 Å². The number of carbonyl (C=O) groups is 1. The molecule has 0 amide bonds. The lowest BCUT2D eigenvalue weighted by atomic mass is 10.1. The quantitative estimate of drug-likeness (QED) is 0.250. The molecule has 0 aliphatic rings. The van der Waals surface area contributed by atoms with E-state index < -0.39 is 0 Å². The van der Waals surface area contributed by atoms with Crippen molar-refractivity contribution >= 4 is 39.0 Å². The minimum atomic E-state index is -0.319. The number of esters is 1. The van der Waals surface area contributed by atoms with Gasteiger partial charge in [-0.25, -0.2) is 14.8 Å². The SMILES string of the molecule is CCCCOC(=O)c1cccc(Nc2nc(C)nc3scc(-c4ccc(OC)cc4)c23)c1. The molecule has 0 saturated heterocycles. The number of nitrogens with zero attached hydrogens (tertiary/aromatic N) is 2. The number of aryl methyl sites for hydroxylation is 1. The molecule has 1 N–H and O–H groups in total. The maximum Gasteiger partial charge on any atom is 0.338 e. The van der Waals surface area contributed by atoms with Crippen LogP contribution < -0.4 is 10.1 Å². The van der Waals surface area contributed by atoms with E-state index in [9.17, 15) is 4.79 Å². The minimum Gasteiger partial charge on any atom is -0.497 e. The maximum atomic E-state index is 12.4. The van der Waals surface area contributed by atoms with Crippen molar-refractivity contribution in [3.63, 3.8) is 0 Å².